The third kappa shape index (κ3) is 3.10. The topological polar surface area (TPSA) is 12.0 Å². The predicted molar refractivity (Wildman–Crippen MR) is 81.5 cm³/mol. The molecule has 1 N–H and O–H groups in total. The summed E-state index contributed by atoms with van der Waals surface area (Å²) in [4.78, 5) is 1.48. The van der Waals surface area contributed by atoms with E-state index >= 15 is 0 Å². The number of thioether (sulfide) groups is 1. The van der Waals surface area contributed by atoms with Gasteiger partial charge in [0.25, 0.3) is 0 Å². The number of fused-ring (bicyclic) bond motifs is 1. The monoisotopic (exact) mass is 263 g/mol. The Morgan fingerprint density at radius 1 is 1.33 bits per heavy atom. The van der Waals surface area contributed by atoms with Gasteiger partial charge in [-0.05, 0) is 47.7 Å². The third-order valence-corrected chi connectivity index (χ3v) is 4.77. The molecule has 1 aromatic rings. The van der Waals surface area contributed by atoms with E-state index in [1.54, 1.807) is 0 Å². The van der Waals surface area contributed by atoms with Crippen molar-refractivity contribution in [2.75, 3.05) is 12.3 Å². The first-order chi connectivity index (χ1) is 8.52. The minimum atomic E-state index is 0.239. The van der Waals surface area contributed by atoms with Crippen molar-refractivity contribution in [2.24, 2.45) is 0 Å². The van der Waals surface area contributed by atoms with E-state index in [0.717, 1.165) is 6.54 Å². The van der Waals surface area contributed by atoms with Crippen molar-refractivity contribution in [1.29, 1.82) is 0 Å². The van der Waals surface area contributed by atoms with E-state index in [9.17, 15) is 0 Å². The van der Waals surface area contributed by atoms with Crippen molar-refractivity contribution >= 4 is 11.8 Å². The average molecular weight is 263 g/mol. The zero-order valence-corrected chi connectivity index (χ0v) is 12.9. The molecule has 0 radical (unpaired) electrons. The molecule has 1 atom stereocenters. The number of hydrogen-bond donors (Lipinski definition) is 1. The maximum absolute atomic E-state index is 3.65. The molecule has 1 aromatic carbocycles. The Labute approximate surface area is 116 Å². The third-order valence-electron chi connectivity index (χ3n) is 3.60. The zero-order chi connectivity index (χ0) is 13.2. The summed E-state index contributed by atoms with van der Waals surface area (Å²) in [7, 11) is 0. The summed E-state index contributed by atoms with van der Waals surface area (Å²) in [6.07, 6.45) is 2.57. The van der Waals surface area contributed by atoms with Crippen molar-refractivity contribution in [3.8, 4) is 0 Å². The normalized spacial score (nSPS) is 20.3. The molecule has 1 aliphatic heterocycles. The first-order valence-corrected chi connectivity index (χ1v) is 8.01. The highest BCUT2D eigenvalue weighted by Gasteiger charge is 2.21. The Balaban J connectivity index is 2.39. The van der Waals surface area contributed by atoms with Gasteiger partial charge < -0.3 is 5.32 Å². The lowest BCUT2D eigenvalue weighted by Gasteiger charge is -2.24. The van der Waals surface area contributed by atoms with Crippen LogP contribution < -0.4 is 5.32 Å². The van der Waals surface area contributed by atoms with Crippen molar-refractivity contribution in [3.63, 3.8) is 0 Å². The van der Waals surface area contributed by atoms with Crippen molar-refractivity contribution in [3.05, 3.63) is 29.3 Å². The molecule has 0 bridgehead atoms. The van der Waals surface area contributed by atoms with Crippen LogP contribution in [-0.2, 0) is 5.41 Å². The number of nitrogens with one attached hydrogen (secondary N) is 1. The van der Waals surface area contributed by atoms with Crippen LogP contribution in [0.5, 0.6) is 0 Å². The average Bonchev–Trinajstić information content (AvgIpc) is 2.51. The van der Waals surface area contributed by atoms with E-state index < -0.39 is 0 Å². The lowest BCUT2D eigenvalue weighted by atomic mass is 9.85. The van der Waals surface area contributed by atoms with Crippen LogP contribution in [0.15, 0.2) is 23.1 Å². The van der Waals surface area contributed by atoms with Gasteiger partial charge in [0.1, 0.15) is 0 Å². The summed E-state index contributed by atoms with van der Waals surface area (Å²) in [5.41, 5.74) is 3.21. The maximum atomic E-state index is 3.65. The van der Waals surface area contributed by atoms with Gasteiger partial charge in [0.05, 0.1) is 0 Å². The first-order valence-electron chi connectivity index (χ1n) is 7.03. The van der Waals surface area contributed by atoms with E-state index in [1.807, 2.05) is 11.8 Å². The molecule has 1 heterocycles. The highest BCUT2D eigenvalue weighted by Crippen LogP contribution is 2.37. The van der Waals surface area contributed by atoms with E-state index in [0.29, 0.717) is 6.04 Å². The Bertz CT molecular complexity index is 406. The number of rotatable bonds is 2. The van der Waals surface area contributed by atoms with Crippen LogP contribution in [0.1, 0.15) is 57.7 Å². The predicted octanol–water partition coefficient (Wildman–Crippen LogP) is 4.52. The molecule has 0 fully saturated rings. The summed E-state index contributed by atoms with van der Waals surface area (Å²) < 4.78 is 0. The van der Waals surface area contributed by atoms with Crippen LogP contribution in [-0.4, -0.2) is 12.3 Å². The molecule has 0 spiro atoms. The van der Waals surface area contributed by atoms with Gasteiger partial charge in [-0.3, -0.25) is 0 Å². The van der Waals surface area contributed by atoms with Crippen molar-refractivity contribution < 1.29 is 0 Å². The fraction of sp³-hybridized carbons (Fsp3) is 0.625. The van der Waals surface area contributed by atoms with Gasteiger partial charge in [0, 0.05) is 10.9 Å². The zero-order valence-electron chi connectivity index (χ0n) is 12.0. The molecular formula is C16H25NS. The molecule has 1 unspecified atom stereocenters. The van der Waals surface area contributed by atoms with Gasteiger partial charge >= 0.3 is 0 Å². The summed E-state index contributed by atoms with van der Waals surface area (Å²) in [6, 6.07) is 7.61. The molecule has 18 heavy (non-hydrogen) atoms. The van der Waals surface area contributed by atoms with Crippen LogP contribution in [0, 0.1) is 0 Å². The molecule has 2 rings (SSSR count). The Morgan fingerprint density at radius 2 is 2.11 bits per heavy atom. The van der Waals surface area contributed by atoms with Crippen LogP contribution in [0.3, 0.4) is 0 Å². The fourth-order valence-corrected chi connectivity index (χ4v) is 3.57. The van der Waals surface area contributed by atoms with Gasteiger partial charge in [-0.1, -0.05) is 39.8 Å². The lowest BCUT2D eigenvalue weighted by Crippen LogP contribution is -2.21. The summed E-state index contributed by atoms with van der Waals surface area (Å²) in [5.74, 6) is 1.25. The lowest BCUT2D eigenvalue weighted by molar-refractivity contribution is 0.505. The van der Waals surface area contributed by atoms with Gasteiger partial charge in [-0.2, -0.15) is 0 Å². The van der Waals surface area contributed by atoms with Gasteiger partial charge in [-0.25, -0.2) is 0 Å². The van der Waals surface area contributed by atoms with Crippen LogP contribution in [0.2, 0.25) is 0 Å². The van der Waals surface area contributed by atoms with Crippen molar-refractivity contribution in [2.45, 2.75) is 56.9 Å². The summed E-state index contributed by atoms with van der Waals surface area (Å²) in [5, 5.41) is 3.65. The summed E-state index contributed by atoms with van der Waals surface area (Å²) in [6.45, 7) is 10.1. The first kappa shape index (κ1) is 14.0. The second-order valence-electron chi connectivity index (χ2n) is 6.10. The second-order valence-corrected chi connectivity index (χ2v) is 7.24. The molecule has 100 valence electrons. The van der Waals surface area contributed by atoms with E-state index in [1.165, 1.54) is 34.6 Å². The fourth-order valence-electron chi connectivity index (χ4n) is 2.50. The molecular weight excluding hydrogens is 238 g/mol. The Hall–Kier alpha value is -0.470. The minimum absolute atomic E-state index is 0.239. The van der Waals surface area contributed by atoms with Gasteiger partial charge in [0.15, 0.2) is 0 Å². The van der Waals surface area contributed by atoms with Crippen LogP contribution >= 0.6 is 11.8 Å². The Kier molecular flexibility index (Phi) is 4.39. The van der Waals surface area contributed by atoms with Crippen molar-refractivity contribution in [1.82, 2.24) is 5.32 Å². The molecule has 0 aromatic heterocycles. The highest BCUT2D eigenvalue weighted by atomic mass is 32.2. The molecule has 0 aliphatic carbocycles. The van der Waals surface area contributed by atoms with E-state index in [4.69, 9.17) is 0 Å². The van der Waals surface area contributed by atoms with E-state index in [2.05, 4.69) is 51.2 Å². The molecule has 2 heteroatoms. The van der Waals surface area contributed by atoms with Gasteiger partial charge in [0.2, 0.25) is 0 Å². The Morgan fingerprint density at radius 3 is 2.78 bits per heavy atom. The quantitative estimate of drug-likeness (QED) is 0.842. The second kappa shape index (κ2) is 5.66. The van der Waals surface area contributed by atoms with E-state index in [-0.39, 0.29) is 5.41 Å². The maximum Gasteiger partial charge on any atom is 0.0331 e. The molecule has 0 saturated carbocycles. The van der Waals surface area contributed by atoms with Crippen LogP contribution in [0.4, 0.5) is 0 Å². The molecule has 1 nitrogen and oxygen atoms in total. The van der Waals surface area contributed by atoms with Gasteiger partial charge in [-0.15, -0.1) is 11.8 Å². The molecule has 1 aliphatic rings. The minimum Gasteiger partial charge on any atom is -0.310 e. The molecule has 0 saturated heterocycles. The largest absolute Gasteiger partial charge is 0.310 e. The number of benzene rings is 1. The number of hydrogen-bond acceptors (Lipinski definition) is 2. The highest BCUT2D eigenvalue weighted by molar-refractivity contribution is 7.99. The smallest absolute Gasteiger partial charge is 0.0331 e. The standard InChI is InChI=1S/C16H25NS/c1-5-17-14-7-6-10-18-15-9-8-12(11-13(14)15)16(2,3)4/h8-9,11,14,17H,5-7,10H2,1-4H3. The summed E-state index contributed by atoms with van der Waals surface area (Å²) >= 11 is 2.02. The molecule has 0 amide bonds. The SMILES string of the molecule is CCNC1CCCSc2ccc(C(C)(C)C)cc21. The van der Waals surface area contributed by atoms with Crippen LogP contribution in [0.25, 0.3) is 0 Å².